The number of hydrogen-bond acceptors (Lipinski definition) is 1. The van der Waals surface area contributed by atoms with E-state index in [9.17, 15) is 4.79 Å². The highest BCUT2D eigenvalue weighted by molar-refractivity contribution is 5.99. The van der Waals surface area contributed by atoms with Gasteiger partial charge in [0, 0.05) is 12.0 Å². The summed E-state index contributed by atoms with van der Waals surface area (Å²) in [5, 5.41) is 0. The van der Waals surface area contributed by atoms with E-state index in [0.717, 1.165) is 24.8 Å². The van der Waals surface area contributed by atoms with Gasteiger partial charge in [-0.1, -0.05) is 50.8 Å². The molecule has 0 saturated heterocycles. The first-order valence-electron chi connectivity index (χ1n) is 7.07. The first kappa shape index (κ1) is 14.2. The molecular formula is C16H26O. The first-order valence-corrected chi connectivity index (χ1v) is 7.07. The Morgan fingerprint density at radius 2 is 2.06 bits per heavy atom. The summed E-state index contributed by atoms with van der Waals surface area (Å²) < 4.78 is 0. The Balaban J connectivity index is 2.45. The van der Waals surface area contributed by atoms with E-state index in [-0.39, 0.29) is 0 Å². The van der Waals surface area contributed by atoms with Gasteiger partial charge in [-0.3, -0.25) is 4.79 Å². The number of carbonyl (C=O) groups excluding carboxylic acids is 1. The molecular weight excluding hydrogens is 208 g/mol. The van der Waals surface area contributed by atoms with Crippen LogP contribution < -0.4 is 0 Å². The minimum Gasteiger partial charge on any atom is -0.294 e. The summed E-state index contributed by atoms with van der Waals surface area (Å²) in [7, 11) is 0. The molecule has 0 heterocycles. The zero-order valence-corrected chi connectivity index (χ0v) is 11.6. The second-order valence-electron chi connectivity index (χ2n) is 5.21. The molecule has 1 unspecified atom stereocenters. The zero-order chi connectivity index (χ0) is 12.7. The van der Waals surface area contributed by atoms with Crippen LogP contribution in [-0.2, 0) is 4.79 Å². The molecule has 0 N–H and O–H groups in total. The normalized spacial score (nSPS) is 21.6. The lowest BCUT2D eigenvalue weighted by molar-refractivity contribution is -0.116. The minimum atomic E-state index is 0.338. The van der Waals surface area contributed by atoms with Gasteiger partial charge in [-0.05, 0) is 32.1 Å². The van der Waals surface area contributed by atoms with Crippen LogP contribution in [0.2, 0.25) is 0 Å². The van der Waals surface area contributed by atoms with Crippen LogP contribution in [0, 0.1) is 5.92 Å². The molecule has 1 aliphatic carbocycles. The highest BCUT2D eigenvalue weighted by Crippen LogP contribution is 2.27. The van der Waals surface area contributed by atoms with Crippen molar-refractivity contribution in [2.24, 2.45) is 5.92 Å². The molecule has 0 amide bonds. The maximum absolute atomic E-state index is 11.8. The molecule has 1 aliphatic rings. The highest BCUT2D eigenvalue weighted by atomic mass is 16.1. The smallest absolute Gasteiger partial charge is 0.162 e. The standard InChI is InChI=1S/C16H26O/c1-4-5-6-7-8-9-10-15-14(3)13(2)11-12-16(15)17/h9-10,13H,4-8,11-12H2,1-3H3. The van der Waals surface area contributed by atoms with E-state index in [4.69, 9.17) is 0 Å². The predicted octanol–water partition coefficient (Wildman–Crippen LogP) is 4.83. The van der Waals surface area contributed by atoms with E-state index in [0.29, 0.717) is 11.7 Å². The van der Waals surface area contributed by atoms with E-state index < -0.39 is 0 Å². The molecule has 0 aromatic rings. The SMILES string of the molecule is CCCCCCC=CC1=C(C)C(C)CCC1=O. The summed E-state index contributed by atoms with van der Waals surface area (Å²) in [5.74, 6) is 0.915. The average Bonchev–Trinajstić information content (AvgIpc) is 2.32. The number of ketones is 1. The van der Waals surface area contributed by atoms with Crippen molar-refractivity contribution in [3.05, 3.63) is 23.3 Å². The monoisotopic (exact) mass is 234 g/mol. The first-order chi connectivity index (χ1) is 8.16. The summed E-state index contributed by atoms with van der Waals surface area (Å²) in [6, 6.07) is 0. The molecule has 17 heavy (non-hydrogen) atoms. The van der Waals surface area contributed by atoms with E-state index in [1.165, 1.54) is 31.3 Å². The van der Waals surface area contributed by atoms with Gasteiger partial charge in [-0.15, -0.1) is 0 Å². The van der Waals surface area contributed by atoms with Crippen LogP contribution in [0.5, 0.6) is 0 Å². The zero-order valence-electron chi connectivity index (χ0n) is 11.6. The fraction of sp³-hybridized carbons (Fsp3) is 0.688. The van der Waals surface area contributed by atoms with Crippen molar-refractivity contribution in [3.8, 4) is 0 Å². The van der Waals surface area contributed by atoms with E-state index in [1.807, 2.05) is 0 Å². The van der Waals surface area contributed by atoms with Crippen LogP contribution in [0.25, 0.3) is 0 Å². The van der Waals surface area contributed by atoms with Gasteiger partial charge >= 0.3 is 0 Å². The topological polar surface area (TPSA) is 17.1 Å². The second-order valence-corrected chi connectivity index (χ2v) is 5.21. The van der Waals surface area contributed by atoms with Gasteiger partial charge in [0.1, 0.15) is 0 Å². The van der Waals surface area contributed by atoms with Crippen LogP contribution in [0.3, 0.4) is 0 Å². The minimum absolute atomic E-state index is 0.338. The van der Waals surface area contributed by atoms with Crippen molar-refractivity contribution in [1.82, 2.24) is 0 Å². The van der Waals surface area contributed by atoms with Crippen molar-refractivity contribution in [1.29, 1.82) is 0 Å². The predicted molar refractivity (Wildman–Crippen MR) is 74.0 cm³/mol. The van der Waals surface area contributed by atoms with Crippen LogP contribution in [0.1, 0.15) is 65.7 Å². The van der Waals surface area contributed by atoms with Crippen LogP contribution in [0.15, 0.2) is 23.3 Å². The molecule has 1 nitrogen and oxygen atoms in total. The van der Waals surface area contributed by atoms with Crippen LogP contribution in [-0.4, -0.2) is 5.78 Å². The molecule has 1 atom stereocenters. The van der Waals surface area contributed by atoms with Crippen molar-refractivity contribution in [3.63, 3.8) is 0 Å². The highest BCUT2D eigenvalue weighted by Gasteiger charge is 2.20. The van der Waals surface area contributed by atoms with Crippen LogP contribution >= 0.6 is 0 Å². The molecule has 1 rings (SSSR count). The Labute approximate surface area is 106 Å². The quantitative estimate of drug-likeness (QED) is 0.602. The number of allylic oxidation sites excluding steroid dienone is 4. The van der Waals surface area contributed by atoms with Crippen molar-refractivity contribution >= 4 is 5.78 Å². The van der Waals surface area contributed by atoms with Crippen molar-refractivity contribution in [2.45, 2.75) is 65.7 Å². The average molecular weight is 234 g/mol. The van der Waals surface area contributed by atoms with Gasteiger partial charge in [-0.25, -0.2) is 0 Å². The lowest BCUT2D eigenvalue weighted by Gasteiger charge is -2.20. The van der Waals surface area contributed by atoms with Gasteiger partial charge in [0.05, 0.1) is 0 Å². The fourth-order valence-electron chi connectivity index (χ4n) is 2.30. The van der Waals surface area contributed by atoms with Gasteiger partial charge in [0.2, 0.25) is 0 Å². The maximum atomic E-state index is 11.8. The van der Waals surface area contributed by atoms with Gasteiger partial charge < -0.3 is 0 Å². The van der Waals surface area contributed by atoms with Gasteiger partial charge in [0.25, 0.3) is 0 Å². The number of rotatable bonds is 6. The van der Waals surface area contributed by atoms with Gasteiger partial charge in [0.15, 0.2) is 5.78 Å². The molecule has 0 radical (unpaired) electrons. The summed E-state index contributed by atoms with van der Waals surface area (Å²) in [6.07, 6.45) is 12.3. The third-order valence-corrected chi connectivity index (χ3v) is 3.78. The molecule has 96 valence electrons. The molecule has 0 fully saturated rings. The number of hydrogen-bond donors (Lipinski definition) is 0. The van der Waals surface area contributed by atoms with E-state index in [2.05, 4.69) is 32.9 Å². The Morgan fingerprint density at radius 3 is 2.76 bits per heavy atom. The van der Waals surface area contributed by atoms with Crippen molar-refractivity contribution in [2.75, 3.05) is 0 Å². The summed E-state index contributed by atoms with van der Waals surface area (Å²) >= 11 is 0. The van der Waals surface area contributed by atoms with Gasteiger partial charge in [-0.2, -0.15) is 0 Å². The third kappa shape index (κ3) is 4.49. The number of carbonyl (C=O) groups is 1. The molecule has 0 bridgehead atoms. The Kier molecular flexibility index (Phi) is 6.25. The number of Topliss-reactive ketones (excluding diaryl/α,β-unsaturated/α-hetero) is 1. The Bertz CT molecular complexity index is 309. The maximum Gasteiger partial charge on any atom is 0.162 e. The van der Waals surface area contributed by atoms with E-state index >= 15 is 0 Å². The Morgan fingerprint density at radius 1 is 1.29 bits per heavy atom. The fourth-order valence-corrected chi connectivity index (χ4v) is 2.30. The molecule has 0 aromatic carbocycles. The molecule has 0 spiro atoms. The molecule has 0 aromatic heterocycles. The lowest BCUT2D eigenvalue weighted by Crippen LogP contribution is -2.15. The lowest BCUT2D eigenvalue weighted by atomic mass is 9.84. The van der Waals surface area contributed by atoms with E-state index in [1.54, 1.807) is 0 Å². The summed E-state index contributed by atoms with van der Waals surface area (Å²) in [6.45, 7) is 6.56. The molecule has 0 saturated carbocycles. The largest absolute Gasteiger partial charge is 0.294 e. The Hall–Kier alpha value is -0.850. The van der Waals surface area contributed by atoms with Crippen LogP contribution in [0.4, 0.5) is 0 Å². The summed E-state index contributed by atoms with van der Waals surface area (Å²) in [4.78, 5) is 11.8. The number of unbranched alkanes of at least 4 members (excludes halogenated alkanes) is 4. The third-order valence-electron chi connectivity index (χ3n) is 3.78. The summed E-state index contributed by atoms with van der Waals surface area (Å²) in [5.41, 5.74) is 2.27. The molecule has 0 aliphatic heterocycles. The molecule has 1 heteroatoms. The van der Waals surface area contributed by atoms with Crippen molar-refractivity contribution < 1.29 is 4.79 Å². The second kappa shape index (κ2) is 7.47.